The Morgan fingerprint density at radius 1 is 1.47 bits per heavy atom. The Kier molecular flexibility index (Phi) is 1.98. The zero-order valence-electron chi connectivity index (χ0n) is 8.91. The molecule has 2 fully saturated rings. The molecule has 0 unspecified atom stereocenters. The van der Waals surface area contributed by atoms with Gasteiger partial charge in [-0.15, -0.1) is 0 Å². The topological polar surface area (TPSA) is 89.3 Å². The fourth-order valence-electron chi connectivity index (χ4n) is 1.55. The summed E-state index contributed by atoms with van der Waals surface area (Å²) in [6, 6.07) is 0. The molecule has 0 heterocycles. The number of carbonyl (C=O) groups is 1. The Hall–Kier alpha value is -0.620. The molecule has 5 nitrogen and oxygen atoms in total. The van der Waals surface area contributed by atoms with Crippen molar-refractivity contribution in [2.75, 3.05) is 0 Å². The second kappa shape index (κ2) is 2.74. The summed E-state index contributed by atoms with van der Waals surface area (Å²) in [6.07, 6.45) is 1.79. The highest BCUT2D eigenvalue weighted by atomic mass is 32.2. The van der Waals surface area contributed by atoms with Gasteiger partial charge in [-0.05, 0) is 32.1 Å². The Bertz CT molecular complexity index is 413. The lowest BCUT2D eigenvalue weighted by atomic mass is 10.2. The van der Waals surface area contributed by atoms with Crippen molar-refractivity contribution in [1.82, 2.24) is 4.72 Å². The van der Waals surface area contributed by atoms with E-state index in [1.165, 1.54) is 0 Å². The minimum atomic E-state index is -3.53. The van der Waals surface area contributed by atoms with Crippen molar-refractivity contribution >= 4 is 15.9 Å². The summed E-state index contributed by atoms with van der Waals surface area (Å²) in [6.45, 7) is 3.48. The molecule has 2 saturated carbocycles. The number of sulfonamides is 1. The van der Waals surface area contributed by atoms with Crippen LogP contribution in [0.3, 0.4) is 0 Å². The second-order valence-electron chi connectivity index (χ2n) is 5.03. The lowest BCUT2D eigenvalue weighted by molar-refractivity contribution is -0.121. The maximum Gasteiger partial charge on any atom is 0.253 e. The third kappa shape index (κ3) is 1.56. The van der Waals surface area contributed by atoms with E-state index in [4.69, 9.17) is 5.73 Å². The largest absolute Gasteiger partial charge is 0.317 e. The van der Waals surface area contributed by atoms with Crippen molar-refractivity contribution in [1.29, 1.82) is 0 Å². The number of amides is 1. The maximum absolute atomic E-state index is 11.7. The summed E-state index contributed by atoms with van der Waals surface area (Å²) in [4.78, 5) is 11.6. The van der Waals surface area contributed by atoms with E-state index in [-0.39, 0.29) is 5.92 Å². The molecule has 0 aromatic carbocycles. The van der Waals surface area contributed by atoms with Crippen LogP contribution in [0.5, 0.6) is 0 Å². The lowest BCUT2D eigenvalue weighted by Gasteiger charge is -2.15. The van der Waals surface area contributed by atoms with Crippen LogP contribution in [0.15, 0.2) is 0 Å². The Labute approximate surface area is 89.5 Å². The van der Waals surface area contributed by atoms with Gasteiger partial charge in [0.05, 0.1) is 10.3 Å². The molecule has 15 heavy (non-hydrogen) atoms. The molecule has 3 N–H and O–H groups in total. The first-order valence-corrected chi connectivity index (χ1v) is 6.55. The molecule has 2 rings (SSSR count). The molecular weight excluding hydrogens is 216 g/mol. The molecular formula is C9H16N2O3S. The molecule has 0 aromatic heterocycles. The molecule has 0 saturated heterocycles. The highest BCUT2D eigenvalue weighted by Gasteiger charge is 2.57. The van der Waals surface area contributed by atoms with Crippen molar-refractivity contribution in [3.63, 3.8) is 0 Å². The molecule has 2 aliphatic rings. The van der Waals surface area contributed by atoms with E-state index in [0.29, 0.717) is 19.3 Å². The summed E-state index contributed by atoms with van der Waals surface area (Å²) in [5.41, 5.74) is 4.77. The predicted octanol–water partition coefficient (Wildman–Crippen LogP) is -0.278. The maximum atomic E-state index is 11.7. The van der Waals surface area contributed by atoms with Gasteiger partial charge in [-0.1, -0.05) is 6.92 Å². The van der Waals surface area contributed by atoms with Gasteiger partial charge >= 0.3 is 0 Å². The Morgan fingerprint density at radius 3 is 2.27 bits per heavy atom. The molecule has 1 amide bonds. The highest BCUT2D eigenvalue weighted by molar-refractivity contribution is 7.91. The van der Waals surface area contributed by atoms with Crippen molar-refractivity contribution < 1.29 is 13.2 Å². The van der Waals surface area contributed by atoms with Gasteiger partial charge < -0.3 is 5.73 Å². The SMILES string of the molecule is C[C@@H]1C[C@]1(N)C(=O)NS(=O)(=O)C1(C)CC1. The number of hydrogen-bond acceptors (Lipinski definition) is 4. The fraction of sp³-hybridized carbons (Fsp3) is 0.889. The average Bonchev–Trinajstić information content (AvgIpc) is 2.94. The number of rotatable bonds is 3. The smallest absolute Gasteiger partial charge is 0.253 e. The standard InChI is InChI=1S/C9H16N2O3S/c1-6-5-9(6,10)7(12)11-15(13,14)8(2)3-4-8/h6H,3-5,10H2,1-2H3,(H,11,12)/t6-,9-/m1/s1. The van der Waals surface area contributed by atoms with E-state index < -0.39 is 26.2 Å². The van der Waals surface area contributed by atoms with Crippen LogP contribution in [-0.2, 0) is 14.8 Å². The van der Waals surface area contributed by atoms with Crippen LogP contribution >= 0.6 is 0 Å². The normalized spacial score (nSPS) is 37.1. The van der Waals surface area contributed by atoms with Gasteiger partial charge in [0.1, 0.15) is 0 Å². The summed E-state index contributed by atoms with van der Waals surface area (Å²) in [5.74, 6) is -0.483. The lowest BCUT2D eigenvalue weighted by Crippen LogP contribution is -2.49. The molecule has 2 aliphatic carbocycles. The quantitative estimate of drug-likeness (QED) is 0.700. The number of nitrogens with one attached hydrogen (secondary N) is 1. The van der Waals surface area contributed by atoms with Gasteiger partial charge in [-0.3, -0.25) is 9.52 Å². The third-order valence-corrected chi connectivity index (χ3v) is 5.78. The van der Waals surface area contributed by atoms with Crippen LogP contribution in [0.1, 0.15) is 33.1 Å². The summed E-state index contributed by atoms with van der Waals surface area (Å²) in [7, 11) is -3.53. The monoisotopic (exact) mass is 232 g/mol. The van der Waals surface area contributed by atoms with Crippen LogP contribution in [0.2, 0.25) is 0 Å². The molecule has 2 atom stereocenters. The van der Waals surface area contributed by atoms with Crippen LogP contribution in [0, 0.1) is 5.92 Å². The van der Waals surface area contributed by atoms with E-state index in [9.17, 15) is 13.2 Å². The first-order valence-electron chi connectivity index (χ1n) is 5.07. The molecule has 0 aromatic rings. The van der Waals surface area contributed by atoms with Gasteiger partial charge in [0, 0.05) is 0 Å². The molecule has 0 radical (unpaired) electrons. The van der Waals surface area contributed by atoms with E-state index in [1.807, 2.05) is 6.92 Å². The van der Waals surface area contributed by atoms with Gasteiger partial charge in [0.2, 0.25) is 10.0 Å². The van der Waals surface area contributed by atoms with E-state index in [0.717, 1.165) is 0 Å². The van der Waals surface area contributed by atoms with E-state index in [2.05, 4.69) is 4.72 Å². The molecule has 0 bridgehead atoms. The number of hydrogen-bond donors (Lipinski definition) is 2. The fourth-order valence-corrected chi connectivity index (χ4v) is 2.87. The van der Waals surface area contributed by atoms with Gasteiger partial charge in [-0.25, -0.2) is 8.42 Å². The van der Waals surface area contributed by atoms with Crippen molar-refractivity contribution in [2.24, 2.45) is 11.7 Å². The van der Waals surface area contributed by atoms with Crippen molar-refractivity contribution in [3.8, 4) is 0 Å². The Balaban J connectivity index is 2.07. The summed E-state index contributed by atoms with van der Waals surface area (Å²) < 4.78 is 24.8. The third-order valence-electron chi connectivity index (χ3n) is 3.62. The average molecular weight is 232 g/mol. The summed E-state index contributed by atoms with van der Waals surface area (Å²) >= 11 is 0. The van der Waals surface area contributed by atoms with Crippen LogP contribution in [0.25, 0.3) is 0 Å². The molecule has 0 spiro atoms. The molecule has 86 valence electrons. The number of carbonyl (C=O) groups excluding carboxylic acids is 1. The van der Waals surface area contributed by atoms with Crippen LogP contribution in [0.4, 0.5) is 0 Å². The van der Waals surface area contributed by atoms with Crippen LogP contribution in [-0.4, -0.2) is 24.6 Å². The van der Waals surface area contributed by atoms with Gasteiger partial charge in [0.15, 0.2) is 0 Å². The zero-order chi connectivity index (χ0) is 11.5. The van der Waals surface area contributed by atoms with Crippen molar-refractivity contribution in [3.05, 3.63) is 0 Å². The van der Waals surface area contributed by atoms with E-state index >= 15 is 0 Å². The van der Waals surface area contributed by atoms with Crippen molar-refractivity contribution in [2.45, 2.75) is 43.4 Å². The highest BCUT2D eigenvalue weighted by Crippen LogP contribution is 2.44. The van der Waals surface area contributed by atoms with Crippen LogP contribution < -0.4 is 10.5 Å². The first-order chi connectivity index (χ1) is 6.71. The number of nitrogens with two attached hydrogens (primary N) is 1. The summed E-state index contributed by atoms with van der Waals surface area (Å²) in [5, 5.41) is 0. The van der Waals surface area contributed by atoms with Gasteiger partial charge in [-0.2, -0.15) is 0 Å². The Morgan fingerprint density at radius 2 is 1.93 bits per heavy atom. The second-order valence-corrected chi connectivity index (χ2v) is 7.23. The molecule has 0 aliphatic heterocycles. The zero-order valence-corrected chi connectivity index (χ0v) is 9.73. The molecule has 6 heteroatoms. The minimum Gasteiger partial charge on any atom is -0.317 e. The van der Waals surface area contributed by atoms with E-state index in [1.54, 1.807) is 6.92 Å². The van der Waals surface area contributed by atoms with Gasteiger partial charge in [0.25, 0.3) is 5.91 Å². The first kappa shape index (κ1) is 10.9. The predicted molar refractivity (Wildman–Crippen MR) is 55.4 cm³/mol. The minimum absolute atomic E-state index is 0.0692.